The largest absolute Gasteiger partial charge is 0.542 e. The van der Waals surface area contributed by atoms with Crippen molar-refractivity contribution in [2.75, 3.05) is 7.11 Å². The Hall–Kier alpha value is -1.76. The van der Waals surface area contributed by atoms with Crippen molar-refractivity contribution in [1.29, 1.82) is 0 Å². The number of carboxylic acid groups (broad SMARTS) is 1. The zero-order valence-electron chi connectivity index (χ0n) is 9.08. The standard InChI is InChI=1S/C8H11NO.C2HF3O2/c1-10-8-4-2-7(6-9)3-5-8;3-2(4,5)1(6)7/h2-5H,6,9H2,1H3;(H,6,7). The number of alkyl halides is 3. The van der Waals surface area contributed by atoms with Crippen LogP contribution in [0.25, 0.3) is 0 Å². The zero-order chi connectivity index (χ0) is 13.5. The number of halogens is 3. The van der Waals surface area contributed by atoms with Crippen molar-refractivity contribution in [2.24, 2.45) is 0 Å². The van der Waals surface area contributed by atoms with E-state index in [1.165, 1.54) is 5.56 Å². The maximum absolute atomic E-state index is 10.5. The third-order valence-corrected chi connectivity index (χ3v) is 1.68. The fourth-order valence-corrected chi connectivity index (χ4v) is 0.792. The normalized spacial score (nSPS) is 10.2. The van der Waals surface area contributed by atoms with Crippen LogP contribution in [-0.4, -0.2) is 19.3 Å². The van der Waals surface area contributed by atoms with Crippen LogP contribution in [0, 0.1) is 0 Å². The van der Waals surface area contributed by atoms with Crippen molar-refractivity contribution < 1.29 is 33.5 Å². The number of hydrogen-bond acceptors (Lipinski definition) is 3. The van der Waals surface area contributed by atoms with E-state index < -0.39 is 12.1 Å². The zero-order valence-corrected chi connectivity index (χ0v) is 9.08. The summed E-state index contributed by atoms with van der Waals surface area (Å²) in [6.45, 7) is 0.837. The van der Waals surface area contributed by atoms with Crippen molar-refractivity contribution in [3.8, 4) is 5.75 Å². The predicted molar refractivity (Wildman–Crippen MR) is 50.6 cm³/mol. The van der Waals surface area contributed by atoms with Crippen LogP contribution in [-0.2, 0) is 11.3 Å². The highest BCUT2D eigenvalue weighted by Gasteiger charge is 2.28. The molecule has 0 aliphatic carbocycles. The Morgan fingerprint density at radius 1 is 1.35 bits per heavy atom. The molecule has 0 aliphatic heterocycles. The molecule has 4 nitrogen and oxygen atoms in total. The number of carboxylic acids is 1. The monoisotopic (exact) mass is 251 g/mol. The minimum absolute atomic E-state index is 0.837. The van der Waals surface area contributed by atoms with Crippen molar-refractivity contribution in [1.82, 2.24) is 0 Å². The second-order valence-corrected chi connectivity index (χ2v) is 2.88. The third kappa shape index (κ3) is 6.41. The van der Waals surface area contributed by atoms with Gasteiger partial charge < -0.3 is 20.4 Å². The molecular weight excluding hydrogens is 239 g/mol. The molecule has 0 bridgehead atoms. The fraction of sp³-hybridized carbons (Fsp3) is 0.300. The number of methoxy groups -OCH3 is 1. The Morgan fingerprint density at radius 2 is 1.76 bits per heavy atom. The average Bonchev–Trinajstić information content (AvgIpc) is 2.28. The van der Waals surface area contributed by atoms with Gasteiger partial charge in [0.2, 0.25) is 0 Å². The molecule has 0 spiro atoms. The Balaban J connectivity index is 0.000000325. The highest BCUT2D eigenvalue weighted by Crippen LogP contribution is 2.11. The van der Waals surface area contributed by atoms with Gasteiger partial charge in [0.05, 0.1) is 13.7 Å². The minimum atomic E-state index is -5.19. The topological polar surface area (TPSA) is 77.0 Å². The summed E-state index contributed by atoms with van der Waals surface area (Å²) in [6, 6.07) is 7.93. The molecule has 17 heavy (non-hydrogen) atoms. The lowest BCUT2D eigenvalue weighted by atomic mass is 10.2. The summed E-state index contributed by atoms with van der Waals surface area (Å²) >= 11 is 0. The molecule has 0 unspecified atom stereocenters. The highest BCUT2D eigenvalue weighted by atomic mass is 19.4. The highest BCUT2D eigenvalue weighted by molar-refractivity contribution is 5.70. The van der Waals surface area contributed by atoms with E-state index in [2.05, 4.69) is 5.73 Å². The smallest absolute Gasteiger partial charge is 0.430 e. The molecule has 1 aromatic carbocycles. The van der Waals surface area contributed by atoms with E-state index in [-0.39, 0.29) is 0 Å². The van der Waals surface area contributed by atoms with Crippen LogP contribution >= 0.6 is 0 Å². The lowest BCUT2D eigenvalue weighted by Crippen LogP contribution is -2.47. The lowest BCUT2D eigenvalue weighted by molar-refractivity contribution is -0.386. The SMILES string of the molecule is COc1ccc(C[NH3+])cc1.O=C([O-])C(F)(F)F. The fourth-order valence-electron chi connectivity index (χ4n) is 0.792. The van der Waals surface area contributed by atoms with Crippen LogP contribution in [0.2, 0.25) is 0 Å². The molecule has 1 rings (SSSR count). The van der Waals surface area contributed by atoms with Gasteiger partial charge in [-0.15, -0.1) is 0 Å². The van der Waals surface area contributed by atoms with Crippen molar-refractivity contribution in [3.63, 3.8) is 0 Å². The molecule has 0 saturated carbocycles. The summed E-state index contributed by atoms with van der Waals surface area (Å²) in [6.07, 6.45) is -5.19. The first kappa shape index (κ1) is 15.2. The van der Waals surface area contributed by atoms with Crippen molar-refractivity contribution >= 4 is 5.97 Å². The number of aliphatic carboxylic acids is 1. The summed E-state index contributed by atoms with van der Waals surface area (Å²) in [4.78, 5) is 8.78. The van der Waals surface area contributed by atoms with Gasteiger partial charge >= 0.3 is 6.18 Å². The van der Waals surface area contributed by atoms with Gasteiger partial charge in [0.15, 0.2) is 0 Å². The van der Waals surface area contributed by atoms with Crippen LogP contribution in [0.1, 0.15) is 5.56 Å². The molecule has 7 heteroatoms. The van der Waals surface area contributed by atoms with Crippen molar-refractivity contribution in [2.45, 2.75) is 12.7 Å². The van der Waals surface area contributed by atoms with E-state index in [0.29, 0.717) is 0 Å². The van der Waals surface area contributed by atoms with Crippen molar-refractivity contribution in [3.05, 3.63) is 29.8 Å². The second-order valence-electron chi connectivity index (χ2n) is 2.88. The van der Waals surface area contributed by atoms with E-state index in [9.17, 15) is 13.2 Å². The number of carbonyl (C=O) groups excluding carboxylic acids is 1. The van der Waals surface area contributed by atoms with E-state index in [1.807, 2.05) is 24.3 Å². The molecule has 0 fully saturated rings. The molecule has 96 valence electrons. The summed E-state index contributed by atoms with van der Waals surface area (Å²) in [5, 5.41) is 8.78. The van der Waals surface area contributed by atoms with Crippen LogP contribution in [0.3, 0.4) is 0 Å². The molecule has 0 amide bonds. The molecule has 0 saturated heterocycles. The summed E-state index contributed by atoms with van der Waals surface area (Å²) in [5.74, 6) is -2.11. The molecule has 0 aromatic heterocycles. The second kappa shape index (κ2) is 6.74. The van der Waals surface area contributed by atoms with E-state index in [1.54, 1.807) is 7.11 Å². The quantitative estimate of drug-likeness (QED) is 0.786. The van der Waals surface area contributed by atoms with Gasteiger partial charge in [-0.25, -0.2) is 0 Å². The minimum Gasteiger partial charge on any atom is -0.542 e. The Bertz CT molecular complexity index is 326. The van der Waals surface area contributed by atoms with Gasteiger partial charge in [-0.3, -0.25) is 0 Å². The van der Waals surface area contributed by atoms with Crippen LogP contribution < -0.4 is 15.6 Å². The van der Waals surface area contributed by atoms with Gasteiger partial charge in [0.25, 0.3) is 0 Å². The van der Waals surface area contributed by atoms with Gasteiger partial charge in [0, 0.05) is 5.56 Å². The Kier molecular flexibility index (Phi) is 6.05. The van der Waals surface area contributed by atoms with E-state index in [0.717, 1.165) is 12.3 Å². The number of rotatable bonds is 2. The van der Waals surface area contributed by atoms with Crippen LogP contribution in [0.15, 0.2) is 24.3 Å². The van der Waals surface area contributed by atoms with Crippen LogP contribution in [0.4, 0.5) is 13.2 Å². The van der Waals surface area contributed by atoms with Gasteiger partial charge in [0.1, 0.15) is 11.7 Å². The summed E-state index contributed by atoms with van der Waals surface area (Å²) in [5.41, 5.74) is 5.01. The van der Waals surface area contributed by atoms with Gasteiger partial charge in [-0.1, -0.05) is 0 Å². The van der Waals surface area contributed by atoms with Gasteiger partial charge in [-0.05, 0) is 24.3 Å². The maximum atomic E-state index is 10.5. The molecule has 1 aromatic rings. The van der Waals surface area contributed by atoms with E-state index >= 15 is 0 Å². The molecule has 0 atom stereocenters. The first-order valence-electron chi connectivity index (χ1n) is 4.51. The Morgan fingerprint density at radius 3 is 2.00 bits per heavy atom. The van der Waals surface area contributed by atoms with Crippen LogP contribution in [0.5, 0.6) is 5.75 Å². The molecular formula is C10H12F3NO3. The van der Waals surface area contributed by atoms with Gasteiger partial charge in [-0.2, -0.15) is 13.2 Å². The predicted octanol–water partition coefficient (Wildman–Crippen LogP) is -0.264. The Labute approximate surface area is 95.8 Å². The number of hydrogen-bond donors (Lipinski definition) is 1. The lowest BCUT2D eigenvalue weighted by Gasteiger charge is -2.03. The number of benzene rings is 1. The average molecular weight is 251 g/mol. The summed E-state index contributed by atoms with van der Waals surface area (Å²) < 4.78 is 36.5. The van der Waals surface area contributed by atoms with E-state index in [4.69, 9.17) is 14.6 Å². The summed E-state index contributed by atoms with van der Waals surface area (Å²) in [7, 11) is 1.67. The molecule has 0 radical (unpaired) electrons. The first-order chi connectivity index (χ1) is 7.81. The third-order valence-electron chi connectivity index (χ3n) is 1.68. The number of carbonyl (C=O) groups is 1. The maximum Gasteiger partial charge on any atom is 0.430 e. The molecule has 0 aliphatic rings. The molecule has 0 heterocycles. The number of quaternary nitrogens is 1. The molecule has 3 N–H and O–H groups in total. The first-order valence-corrected chi connectivity index (χ1v) is 4.51. The number of ether oxygens (including phenoxy) is 1.